The molecule has 0 bridgehead atoms. The van der Waals surface area contributed by atoms with Crippen molar-refractivity contribution in [1.29, 1.82) is 0 Å². The summed E-state index contributed by atoms with van der Waals surface area (Å²) in [6.45, 7) is 4.37. The molecule has 0 spiro atoms. The number of hydrogen-bond acceptors (Lipinski definition) is 4. The Morgan fingerprint density at radius 1 is 1.09 bits per heavy atom. The zero-order chi connectivity index (χ0) is 24.4. The smallest absolute Gasteiger partial charge is 0.274 e. The summed E-state index contributed by atoms with van der Waals surface area (Å²) in [7, 11) is 0. The summed E-state index contributed by atoms with van der Waals surface area (Å²) < 4.78 is 21.1. The van der Waals surface area contributed by atoms with Gasteiger partial charge in [0.05, 0.1) is 25.2 Å². The average molecular weight is 477 g/mol. The van der Waals surface area contributed by atoms with Crippen molar-refractivity contribution >= 4 is 11.8 Å². The summed E-state index contributed by atoms with van der Waals surface area (Å²) in [6, 6.07) is 14.4. The topological polar surface area (TPSA) is 76.5 Å². The molecule has 0 aliphatic carbocycles. The molecule has 0 radical (unpaired) electrons. The average Bonchev–Trinajstić information content (AvgIpc) is 3.31. The maximum absolute atomic E-state index is 13.2. The third-order valence-corrected chi connectivity index (χ3v) is 6.91. The van der Waals surface area contributed by atoms with Crippen molar-refractivity contribution in [2.24, 2.45) is 5.92 Å². The number of nitrogens with zero attached hydrogens (tertiary/aromatic N) is 3. The molecule has 1 N–H and O–H groups in total. The van der Waals surface area contributed by atoms with Crippen LogP contribution in [0.1, 0.15) is 51.8 Å². The molecule has 7 nitrogen and oxygen atoms in total. The minimum atomic E-state index is -0.284. The van der Waals surface area contributed by atoms with Crippen molar-refractivity contribution < 1.29 is 18.7 Å². The molecule has 0 unspecified atom stereocenters. The molecule has 35 heavy (non-hydrogen) atoms. The number of aryl methyl sites for hydroxylation is 1. The first-order valence-electron chi connectivity index (χ1n) is 12.0. The highest BCUT2D eigenvalue weighted by Gasteiger charge is 2.32. The van der Waals surface area contributed by atoms with Crippen LogP contribution in [0.15, 0.2) is 54.9 Å². The number of halogens is 1. The van der Waals surface area contributed by atoms with Crippen LogP contribution in [-0.2, 0) is 29.2 Å². The lowest BCUT2D eigenvalue weighted by Gasteiger charge is -2.31. The third kappa shape index (κ3) is 5.12. The van der Waals surface area contributed by atoms with Crippen molar-refractivity contribution in [3.63, 3.8) is 0 Å². The van der Waals surface area contributed by atoms with Crippen molar-refractivity contribution in [2.45, 2.75) is 45.6 Å². The van der Waals surface area contributed by atoms with Gasteiger partial charge in [-0.3, -0.25) is 9.59 Å². The molecular formula is C27H29FN4O3. The fourth-order valence-electron chi connectivity index (χ4n) is 4.72. The van der Waals surface area contributed by atoms with Gasteiger partial charge >= 0.3 is 0 Å². The van der Waals surface area contributed by atoms with Gasteiger partial charge in [0.2, 0.25) is 5.91 Å². The number of nitrogens with one attached hydrogen (secondary N) is 1. The maximum atomic E-state index is 13.2. The van der Waals surface area contributed by atoms with Crippen molar-refractivity contribution in [1.82, 2.24) is 19.8 Å². The fraction of sp³-hybridized carbons (Fsp3) is 0.370. The van der Waals surface area contributed by atoms with E-state index >= 15 is 0 Å². The predicted molar refractivity (Wildman–Crippen MR) is 128 cm³/mol. The molecule has 0 saturated carbocycles. The van der Waals surface area contributed by atoms with Gasteiger partial charge in [-0.25, -0.2) is 9.37 Å². The monoisotopic (exact) mass is 476 g/mol. The Hall–Kier alpha value is -3.52. The summed E-state index contributed by atoms with van der Waals surface area (Å²) >= 11 is 0. The van der Waals surface area contributed by atoms with Crippen LogP contribution in [0.4, 0.5) is 4.39 Å². The van der Waals surface area contributed by atoms with Gasteiger partial charge in [0.15, 0.2) is 5.69 Å². The molecule has 2 aliphatic rings. The molecule has 3 heterocycles. The summed E-state index contributed by atoms with van der Waals surface area (Å²) in [6.07, 6.45) is 2.72. The number of ether oxygens (including phenoxy) is 1. The molecule has 1 atom stereocenters. The number of aromatic nitrogens is 2. The number of amides is 2. The van der Waals surface area contributed by atoms with E-state index in [-0.39, 0.29) is 36.3 Å². The lowest BCUT2D eigenvalue weighted by Crippen LogP contribution is -2.43. The summed E-state index contributed by atoms with van der Waals surface area (Å²) in [5, 5.41) is 3.03. The normalized spacial score (nSPS) is 18.2. The minimum absolute atomic E-state index is 0.0391. The molecule has 8 heteroatoms. The SMILES string of the molecule is Cc1ccc(CNC(=O)C2CCN(C(=O)c3ncn4c3CO[C@@H](c3ccc(F)cc3)C4)CC2)cc1. The number of rotatable bonds is 5. The Balaban J connectivity index is 1.15. The van der Waals surface area contributed by atoms with Gasteiger partial charge in [-0.2, -0.15) is 0 Å². The van der Waals surface area contributed by atoms with Crippen LogP contribution in [0.25, 0.3) is 0 Å². The highest BCUT2D eigenvalue weighted by molar-refractivity contribution is 5.93. The van der Waals surface area contributed by atoms with E-state index in [0.29, 0.717) is 44.7 Å². The first kappa shape index (κ1) is 23.2. The van der Waals surface area contributed by atoms with E-state index in [1.165, 1.54) is 17.7 Å². The number of fused-ring (bicyclic) bond motifs is 1. The zero-order valence-electron chi connectivity index (χ0n) is 19.7. The molecule has 2 aliphatic heterocycles. The minimum Gasteiger partial charge on any atom is -0.365 e. The molecule has 182 valence electrons. The summed E-state index contributed by atoms with van der Waals surface area (Å²) in [5.41, 5.74) is 4.32. The predicted octanol–water partition coefficient (Wildman–Crippen LogP) is 3.77. The van der Waals surface area contributed by atoms with Crippen LogP contribution in [0.3, 0.4) is 0 Å². The standard InChI is InChI=1S/C27H29FN4O3/c1-18-2-4-19(5-3-18)14-29-26(33)21-10-12-31(13-11-21)27(34)25-23-16-35-24(15-32(23)17-30-25)20-6-8-22(28)9-7-20/h2-9,17,21,24H,10-16H2,1H3,(H,29,33)/t24-/m1/s1. The number of piperidine rings is 1. The number of imidazole rings is 1. The van der Waals surface area contributed by atoms with Gasteiger partial charge in [0.25, 0.3) is 5.91 Å². The van der Waals surface area contributed by atoms with E-state index in [0.717, 1.165) is 16.8 Å². The first-order chi connectivity index (χ1) is 17.0. The van der Waals surface area contributed by atoms with E-state index in [9.17, 15) is 14.0 Å². The Morgan fingerprint density at radius 3 is 2.51 bits per heavy atom. The molecular weight excluding hydrogens is 447 g/mol. The number of carbonyl (C=O) groups is 2. The lowest BCUT2D eigenvalue weighted by atomic mass is 9.95. The zero-order valence-corrected chi connectivity index (χ0v) is 19.7. The van der Waals surface area contributed by atoms with Crippen molar-refractivity contribution in [3.05, 3.63) is 88.8 Å². The number of benzene rings is 2. The molecule has 2 aromatic carbocycles. The summed E-state index contributed by atoms with van der Waals surface area (Å²) in [5.74, 6) is -0.466. The maximum Gasteiger partial charge on any atom is 0.274 e. The fourth-order valence-corrected chi connectivity index (χ4v) is 4.72. The second-order valence-corrected chi connectivity index (χ2v) is 9.31. The highest BCUT2D eigenvalue weighted by Crippen LogP contribution is 2.29. The second-order valence-electron chi connectivity index (χ2n) is 9.31. The molecule has 1 aromatic heterocycles. The largest absolute Gasteiger partial charge is 0.365 e. The first-order valence-corrected chi connectivity index (χ1v) is 12.0. The van der Waals surface area contributed by atoms with Crippen LogP contribution >= 0.6 is 0 Å². The van der Waals surface area contributed by atoms with Gasteiger partial charge in [0.1, 0.15) is 11.9 Å². The number of likely N-dealkylation sites (tertiary alicyclic amines) is 1. The Labute approximate surface area is 203 Å². The van der Waals surface area contributed by atoms with Gasteiger partial charge in [-0.05, 0) is 43.0 Å². The van der Waals surface area contributed by atoms with E-state index in [1.54, 1.807) is 23.4 Å². The van der Waals surface area contributed by atoms with Gasteiger partial charge in [-0.1, -0.05) is 42.0 Å². The van der Waals surface area contributed by atoms with Crippen LogP contribution < -0.4 is 5.32 Å². The lowest BCUT2D eigenvalue weighted by molar-refractivity contribution is -0.126. The van der Waals surface area contributed by atoms with Crippen LogP contribution in [0, 0.1) is 18.7 Å². The van der Waals surface area contributed by atoms with E-state index in [2.05, 4.69) is 10.3 Å². The summed E-state index contributed by atoms with van der Waals surface area (Å²) in [4.78, 5) is 32.0. The Morgan fingerprint density at radius 2 is 1.80 bits per heavy atom. The van der Waals surface area contributed by atoms with Crippen LogP contribution in [-0.4, -0.2) is 39.4 Å². The van der Waals surface area contributed by atoms with Gasteiger partial charge in [-0.15, -0.1) is 0 Å². The highest BCUT2D eigenvalue weighted by atomic mass is 19.1. The third-order valence-electron chi connectivity index (χ3n) is 6.91. The number of hydrogen-bond donors (Lipinski definition) is 1. The quantitative estimate of drug-likeness (QED) is 0.608. The van der Waals surface area contributed by atoms with E-state index in [4.69, 9.17) is 4.74 Å². The Bertz CT molecular complexity index is 1200. The van der Waals surface area contributed by atoms with Gasteiger partial charge < -0.3 is 19.5 Å². The second kappa shape index (κ2) is 10.00. The van der Waals surface area contributed by atoms with Gasteiger partial charge in [0, 0.05) is 25.6 Å². The molecule has 1 fully saturated rings. The Kier molecular flexibility index (Phi) is 6.63. The van der Waals surface area contributed by atoms with E-state index < -0.39 is 0 Å². The van der Waals surface area contributed by atoms with Crippen molar-refractivity contribution in [3.8, 4) is 0 Å². The van der Waals surface area contributed by atoms with E-state index in [1.807, 2.05) is 35.8 Å². The molecule has 2 amide bonds. The van der Waals surface area contributed by atoms with Crippen LogP contribution in [0.5, 0.6) is 0 Å². The molecule has 1 saturated heterocycles. The molecule has 5 rings (SSSR count). The molecule has 3 aromatic rings. The number of carbonyl (C=O) groups excluding carboxylic acids is 2. The van der Waals surface area contributed by atoms with Crippen LogP contribution in [0.2, 0.25) is 0 Å². The van der Waals surface area contributed by atoms with Crippen molar-refractivity contribution in [2.75, 3.05) is 13.1 Å².